The van der Waals surface area contributed by atoms with E-state index >= 15 is 0 Å². The van der Waals surface area contributed by atoms with E-state index in [1.807, 2.05) is 30.3 Å². The van der Waals surface area contributed by atoms with Crippen molar-refractivity contribution in [1.82, 2.24) is 0 Å². The summed E-state index contributed by atoms with van der Waals surface area (Å²) in [6.45, 7) is 2.14. The normalized spacial score (nSPS) is 10.8. The van der Waals surface area contributed by atoms with Gasteiger partial charge in [0.25, 0.3) is 0 Å². The molecule has 0 unspecified atom stereocenters. The van der Waals surface area contributed by atoms with Crippen LogP contribution < -0.4 is 0 Å². The van der Waals surface area contributed by atoms with E-state index < -0.39 is 0 Å². The molecule has 0 saturated heterocycles. The van der Waals surface area contributed by atoms with E-state index in [-0.39, 0.29) is 53.5 Å². The van der Waals surface area contributed by atoms with E-state index in [1.54, 1.807) is 0 Å². The quantitative estimate of drug-likeness (QED) is 0.455. The van der Waals surface area contributed by atoms with Crippen molar-refractivity contribution in [2.75, 3.05) is 0 Å². The first-order valence-electron chi connectivity index (χ1n) is 3.88. The zero-order chi connectivity index (χ0) is 7.94. The molecule has 0 fully saturated rings. The fraction of sp³-hybridized carbons (Fsp3) is 0.167. The molecule has 0 aromatic heterocycles. The van der Waals surface area contributed by atoms with Gasteiger partial charge < -0.3 is 7.43 Å². The van der Waals surface area contributed by atoms with Crippen LogP contribution in [0.2, 0.25) is 0 Å². The summed E-state index contributed by atoms with van der Waals surface area (Å²) in [5.74, 6) is 0. The fourth-order valence-corrected chi connectivity index (χ4v) is 0.875. The summed E-state index contributed by atoms with van der Waals surface area (Å²) < 4.78 is 0. The second-order valence-electron chi connectivity index (χ2n) is 2.61. The van der Waals surface area contributed by atoms with Gasteiger partial charge in [0, 0.05) is 23.1 Å². The van der Waals surface area contributed by atoms with E-state index in [0.29, 0.717) is 0 Å². The Hall–Kier alpha value is 0.362. The first-order valence-corrected chi connectivity index (χ1v) is 3.88. The van der Waals surface area contributed by atoms with Gasteiger partial charge in [0.2, 0.25) is 0 Å². The molecule has 0 nitrogen and oxygen atoms in total. The molecule has 2 radical (unpaired) electrons. The van der Waals surface area contributed by atoms with Gasteiger partial charge in [-0.3, -0.25) is 0 Å². The van der Waals surface area contributed by atoms with Gasteiger partial charge >= 0.3 is 23.1 Å². The van der Waals surface area contributed by atoms with Crippen LogP contribution in [-0.2, 0) is 0 Å². The first kappa shape index (κ1) is 19.9. The van der Waals surface area contributed by atoms with Crippen molar-refractivity contribution in [3.63, 3.8) is 0 Å². The topological polar surface area (TPSA) is 0 Å². The summed E-state index contributed by atoms with van der Waals surface area (Å²) in [6, 6.07) is 10.0. The summed E-state index contributed by atoms with van der Waals surface area (Å²) in [7, 11) is 0. The van der Waals surface area contributed by atoms with Crippen LogP contribution in [0.1, 0.15) is 13.3 Å². The largest absolute Gasteiger partial charge is 2.00 e. The number of hydrogen-bond donors (Lipinski definition) is 0. The molecule has 0 amide bonds. The summed E-state index contributed by atoms with van der Waals surface area (Å²) in [5.41, 5.74) is 1.47. The van der Waals surface area contributed by atoms with Crippen LogP contribution in [0.3, 0.4) is 0 Å². The molecule has 0 N–H and O–H groups in total. The van der Waals surface area contributed by atoms with Crippen LogP contribution in [0.15, 0.2) is 54.1 Å². The molecule has 0 bridgehead atoms. The van der Waals surface area contributed by atoms with Crippen LogP contribution in [0.25, 0.3) is 0 Å². The van der Waals surface area contributed by atoms with Crippen molar-refractivity contribution >= 4 is 46.1 Å². The van der Waals surface area contributed by atoms with Crippen LogP contribution in [0, 0.1) is 7.43 Å². The molecule has 0 heterocycles. The summed E-state index contributed by atoms with van der Waals surface area (Å²) >= 11 is 0. The van der Waals surface area contributed by atoms with E-state index in [9.17, 15) is 0 Å². The molecule has 1 aliphatic rings. The molecule has 0 saturated carbocycles. The number of hydrogen-bond acceptors (Lipinski definition) is 0. The minimum atomic E-state index is 0. The molecule has 1 aliphatic carbocycles. The average Bonchev–Trinajstić information content (AvgIpc) is 2.57. The van der Waals surface area contributed by atoms with Gasteiger partial charge in [-0.2, -0.15) is 18.2 Å². The van der Waals surface area contributed by atoms with Gasteiger partial charge in [0.05, 0.1) is 0 Å². The molecule has 0 aliphatic heterocycles. The average molecular weight is 209 g/mol. The van der Waals surface area contributed by atoms with E-state index in [0.717, 1.165) is 0 Å². The van der Waals surface area contributed by atoms with Crippen molar-refractivity contribution < 1.29 is 0 Å². The van der Waals surface area contributed by atoms with E-state index in [1.165, 1.54) is 12.0 Å². The van der Waals surface area contributed by atoms with Gasteiger partial charge in [-0.15, -0.1) is 0 Å². The maximum Gasteiger partial charge on any atom is 2.00 e. The Labute approximate surface area is 120 Å². The standard InChI is InChI=1S/C6H8.C5H5.CH3.2Mg/c1-6-4-2-3-5-6;1-2-4-5-3-1;;;/h2-4H,5H2,1H3;1-5H;1H3;;/q;2*-1;;+2. The van der Waals surface area contributed by atoms with Crippen LogP contribution in [-0.4, -0.2) is 46.1 Å². The van der Waals surface area contributed by atoms with Gasteiger partial charge in [0.1, 0.15) is 0 Å². The smallest absolute Gasteiger partial charge is 0.358 e. The molecule has 2 rings (SSSR count). The molecular weight excluding hydrogens is 193 g/mol. The number of rotatable bonds is 0. The minimum absolute atomic E-state index is 0. The molecule has 0 spiro atoms. The summed E-state index contributed by atoms with van der Waals surface area (Å²) in [4.78, 5) is 0. The zero-order valence-electron chi connectivity index (χ0n) is 9.24. The van der Waals surface area contributed by atoms with Gasteiger partial charge in [-0.05, 0) is 13.3 Å². The van der Waals surface area contributed by atoms with Crippen molar-refractivity contribution in [1.29, 1.82) is 0 Å². The van der Waals surface area contributed by atoms with E-state index in [4.69, 9.17) is 0 Å². The Morgan fingerprint density at radius 3 is 1.93 bits per heavy atom. The zero-order valence-corrected chi connectivity index (χ0v) is 12.1. The third kappa shape index (κ3) is 10.4. The Kier molecular flexibility index (Phi) is 19.0. The number of allylic oxidation sites excluding steroid dienone is 4. The predicted molar refractivity (Wildman–Crippen MR) is 67.5 cm³/mol. The monoisotopic (exact) mass is 208 g/mol. The third-order valence-electron chi connectivity index (χ3n) is 1.51. The maximum atomic E-state index is 2.16. The summed E-state index contributed by atoms with van der Waals surface area (Å²) in [6.07, 6.45) is 7.56. The second kappa shape index (κ2) is 13.4. The molecule has 68 valence electrons. The molecule has 2 heteroatoms. The van der Waals surface area contributed by atoms with Crippen molar-refractivity contribution in [2.45, 2.75) is 13.3 Å². The Morgan fingerprint density at radius 2 is 1.79 bits per heavy atom. The van der Waals surface area contributed by atoms with Gasteiger partial charge in [0.15, 0.2) is 0 Å². The Bertz CT molecular complexity index is 216. The third-order valence-corrected chi connectivity index (χ3v) is 1.51. The van der Waals surface area contributed by atoms with Crippen molar-refractivity contribution in [3.05, 3.63) is 61.6 Å². The SMILES string of the molecule is CC1=CC=CC1.[CH3-].[Mg+2].[Mg].c1cc[cH-]c1. The van der Waals surface area contributed by atoms with Crippen molar-refractivity contribution in [3.8, 4) is 0 Å². The fourth-order valence-electron chi connectivity index (χ4n) is 0.875. The Morgan fingerprint density at radius 1 is 1.21 bits per heavy atom. The second-order valence-corrected chi connectivity index (χ2v) is 2.61. The first-order chi connectivity index (χ1) is 5.39. The van der Waals surface area contributed by atoms with E-state index in [2.05, 4.69) is 25.2 Å². The van der Waals surface area contributed by atoms with Crippen molar-refractivity contribution in [2.24, 2.45) is 0 Å². The molecular formula is C12H16Mg2. The van der Waals surface area contributed by atoms with Crippen LogP contribution >= 0.6 is 0 Å². The molecule has 1 aromatic rings. The molecule has 0 atom stereocenters. The van der Waals surface area contributed by atoms with Crippen LogP contribution in [0.4, 0.5) is 0 Å². The Balaban J connectivity index is -0.000000144. The predicted octanol–water partition coefficient (Wildman–Crippen LogP) is 2.99. The summed E-state index contributed by atoms with van der Waals surface area (Å²) in [5, 5.41) is 0. The maximum absolute atomic E-state index is 2.16. The van der Waals surface area contributed by atoms with Gasteiger partial charge in [-0.1, -0.05) is 23.8 Å². The minimum Gasteiger partial charge on any atom is -0.358 e. The van der Waals surface area contributed by atoms with Crippen LogP contribution in [0.5, 0.6) is 0 Å². The molecule has 1 aromatic carbocycles. The van der Waals surface area contributed by atoms with Gasteiger partial charge in [-0.25, -0.2) is 12.1 Å². The molecule has 14 heavy (non-hydrogen) atoms.